The maximum Gasteiger partial charge on any atom is 0.260 e. The molecule has 1 unspecified atom stereocenters. The van der Waals surface area contributed by atoms with E-state index in [0.29, 0.717) is 6.54 Å². The molecule has 0 bridgehead atoms. The van der Waals surface area contributed by atoms with Gasteiger partial charge in [0.15, 0.2) is 6.61 Å². The molecule has 4 heteroatoms. The summed E-state index contributed by atoms with van der Waals surface area (Å²) in [6.07, 6.45) is 4.38. The molecule has 20 heavy (non-hydrogen) atoms. The van der Waals surface area contributed by atoms with Crippen LogP contribution in [0.1, 0.15) is 24.0 Å². The Bertz CT molecular complexity index is 500. The van der Waals surface area contributed by atoms with Crippen molar-refractivity contribution in [3.05, 3.63) is 29.3 Å². The first-order valence-corrected chi connectivity index (χ1v) is 7.39. The molecule has 0 spiro atoms. The van der Waals surface area contributed by atoms with Gasteiger partial charge in [-0.05, 0) is 48.9 Å². The van der Waals surface area contributed by atoms with E-state index < -0.39 is 0 Å². The molecular formula is C16H21NO3. The van der Waals surface area contributed by atoms with Crippen molar-refractivity contribution in [1.82, 2.24) is 4.90 Å². The van der Waals surface area contributed by atoms with Gasteiger partial charge in [0.2, 0.25) is 0 Å². The predicted molar refractivity (Wildman–Crippen MR) is 75.7 cm³/mol. The molecule has 108 valence electrons. The van der Waals surface area contributed by atoms with Gasteiger partial charge in [-0.2, -0.15) is 0 Å². The summed E-state index contributed by atoms with van der Waals surface area (Å²) in [5.74, 6) is 1.04. The number of aliphatic hydroxyl groups excluding tert-OH is 1. The molecule has 1 fully saturated rings. The Labute approximate surface area is 119 Å². The van der Waals surface area contributed by atoms with Crippen molar-refractivity contribution < 1.29 is 14.6 Å². The average molecular weight is 275 g/mol. The lowest BCUT2D eigenvalue weighted by Gasteiger charge is -2.16. The Morgan fingerprint density at radius 1 is 1.35 bits per heavy atom. The molecule has 0 saturated carbocycles. The zero-order chi connectivity index (χ0) is 13.9. The predicted octanol–water partition coefficient (Wildman–Crippen LogP) is 1.39. The monoisotopic (exact) mass is 275 g/mol. The molecule has 0 radical (unpaired) electrons. The zero-order valence-electron chi connectivity index (χ0n) is 11.7. The fraction of sp³-hybridized carbons (Fsp3) is 0.562. The quantitative estimate of drug-likeness (QED) is 0.903. The largest absolute Gasteiger partial charge is 0.484 e. The van der Waals surface area contributed by atoms with E-state index in [1.165, 1.54) is 17.5 Å². The number of nitrogens with zero attached hydrogens (tertiary/aromatic N) is 1. The van der Waals surface area contributed by atoms with Gasteiger partial charge in [-0.3, -0.25) is 4.79 Å². The van der Waals surface area contributed by atoms with Gasteiger partial charge in [0, 0.05) is 25.6 Å². The van der Waals surface area contributed by atoms with Crippen molar-refractivity contribution >= 4 is 5.91 Å². The van der Waals surface area contributed by atoms with Gasteiger partial charge in [0.25, 0.3) is 5.91 Å². The third kappa shape index (κ3) is 2.80. The summed E-state index contributed by atoms with van der Waals surface area (Å²) in [5, 5.41) is 9.09. The summed E-state index contributed by atoms with van der Waals surface area (Å²) >= 11 is 0. The summed E-state index contributed by atoms with van der Waals surface area (Å²) < 4.78 is 5.62. The minimum absolute atomic E-state index is 0.0152. The number of benzene rings is 1. The van der Waals surface area contributed by atoms with Crippen molar-refractivity contribution in [1.29, 1.82) is 0 Å². The Morgan fingerprint density at radius 2 is 2.20 bits per heavy atom. The third-order valence-electron chi connectivity index (χ3n) is 4.33. The van der Waals surface area contributed by atoms with Crippen molar-refractivity contribution in [3.8, 4) is 5.75 Å². The molecule has 3 rings (SSSR count). The second-order valence-electron chi connectivity index (χ2n) is 5.75. The lowest BCUT2D eigenvalue weighted by atomic mass is 10.1. The number of ether oxygens (including phenoxy) is 1. The van der Waals surface area contributed by atoms with Crippen LogP contribution in [0.4, 0.5) is 0 Å². The van der Waals surface area contributed by atoms with E-state index in [1.807, 2.05) is 6.07 Å². The summed E-state index contributed by atoms with van der Waals surface area (Å²) in [6, 6.07) is 6.13. The number of amides is 1. The Kier molecular flexibility index (Phi) is 3.92. The highest BCUT2D eigenvalue weighted by Crippen LogP contribution is 2.26. The van der Waals surface area contributed by atoms with E-state index in [-0.39, 0.29) is 25.0 Å². The molecule has 1 aliphatic carbocycles. The highest BCUT2D eigenvalue weighted by atomic mass is 16.5. The Morgan fingerprint density at radius 3 is 3.00 bits per heavy atom. The topological polar surface area (TPSA) is 49.8 Å². The molecule has 1 atom stereocenters. The highest BCUT2D eigenvalue weighted by Gasteiger charge is 2.25. The minimum Gasteiger partial charge on any atom is -0.484 e. The maximum atomic E-state index is 12.0. The van der Waals surface area contributed by atoms with E-state index in [4.69, 9.17) is 9.84 Å². The molecule has 1 aromatic carbocycles. The number of likely N-dealkylation sites (tertiary alicyclic amines) is 1. The Hall–Kier alpha value is -1.55. The van der Waals surface area contributed by atoms with E-state index >= 15 is 0 Å². The smallest absolute Gasteiger partial charge is 0.260 e. The van der Waals surface area contributed by atoms with Crippen LogP contribution in [0.5, 0.6) is 5.75 Å². The van der Waals surface area contributed by atoms with Crippen LogP contribution in [-0.2, 0) is 17.6 Å². The molecule has 1 saturated heterocycles. The van der Waals surface area contributed by atoms with Gasteiger partial charge in [-0.1, -0.05) is 6.07 Å². The highest BCUT2D eigenvalue weighted by molar-refractivity contribution is 5.78. The first-order valence-electron chi connectivity index (χ1n) is 7.39. The van der Waals surface area contributed by atoms with Crippen molar-refractivity contribution in [3.63, 3.8) is 0 Å². The van der Waals surface area contributed by atoms with Crippen molar-refractivity contribution in [2.75, 3.05) is 26.3 Å². The zero-order valence-corrected chi connectivity index (χ0v) is 11.7. The van der Waals surface area contributed by atoms with Crippen LogP contribution in [0.25, 0.3) is 0 Å². The molecule has 1 aromatic rings. The normalized spacial score (nSPS) is 21.1. The number of carbonyl (C=O) groups is 1. The third-order valence-corrected chi connectivity index (χ3v) is 4.33. The van der Waals surface area contributed by atoms with Gasteiger partial charge < -0.3 is 14.7 Å². The standard InChI is InChI=1S/C16H21NO3/c18-10-12-6-7-17(9-12)16(19)11-20-15-5-4-13-2-1-3-14(13)8-15/h4-5,8,12,18H,1-3,6-7,9-11H2. The number of rotatable bonds is 4. The Balaban J connectivity index is 1.53. The van der Waals surface area contributed by atoms with E-state index in [2.05, 4.69) is 12.1 Å². The van der Waals surface area contributed by atoms with Crippen LogP contribution < -0.4 is 4.74 Å². The van der Waals surface area contributed by atoms with Gasteiger partial charge in [0.05, 0.1) is 0 Å². The van der Waals surface area contributed by atoms with Gasteiger partial charge in [-0.25, -0.2) is 0 Å². The number of fused-ring (bicyclic) bond motifs is 1. The van der Waals surface area contributed by atoms with Crippen LogP contribution in [-0.4, -0.2) is 42.2 Å². The number of hydrogen-bond acceptors (Lipinski definition) is 3. The molecule has 4 nitrogen and oxygen atoms in total. The molecule has 1 N–H and O–H groups in total. The van der Waals surface area contributed by atoms with Crippen molar-refractivity contribution in [2.45, 2.75) is 25.7 Å². The lowest BCUT2D eigenvalue weighted by Crippen LogP contribution is -2.33. The van der Waals surface area contributed by atoms with Gasteiger partial charge >= 0.3 is 0 Å². The minimum atomic E-state index is 0.0152. The average Bonchev–Trinajstić information content (AvgIpc) is 3.12. The molecule has 2 aliphatic rings. The first kappa shape index (κ1) is 13.4. The first-order chi connectivity index (χ1) is 9.76. The second-order valence-corrected chi connectivity index (χ2v) is 5.75. The number of carbonyl (C=O) groups excluding carboxylic acids is 1. The lowest BCUT2D eigenvalue weighted by molar-refractivity contribution is -0.132. The van der Waals surface area contributed by atoms with Crippen LogP contribution >= 0.6 is 0 Å². The molecule has 0 aromatic heterocycles. The van der Waals surface area contributed by atoms with Crippen LogP contribution in [0, 0.1) is 5.92 Å². The number of aliphatic hydroxyl groups is 1. The van der Waals surface area contributed by atoms with E-state index in [1.54, 1.807) is 4.90 Å². The molecule has 1 amide bonds. The molecule has 1 heterocycles. The summed E-state index contributed by atoms with van der Waals surface area (Å²) in [4.78, 5) is 13.8. The van der Waals surface area contributed by atoms with Gasteiger partial charge in [0.1, 0.15) is 5.75 Å². The second kappa shape index (κ2) is 5.83. The molecular weight excluding hydrogens is 254 g/mol. The molecule has 1 aliphatic heterocycles. The summed E-state index contributed by atoms with van der Waals surface area (Å²) in [7, 11) is 0. The summed E-state index contributed by atoms with van der Waals surface area (Å²) in [5.41, 5.74) is 2.77. The van der Waals surface area contributed by atoms with Crippen molar-refractivity contribution in [2.24, 2.45) is 5.92 Å². The van der Waals surface area contributed by atoms with Gasteiger partial charge in [-0.15, -0.1) is 0 Å². The van der Waals surface area contributed by atoms with Crippen LogP contribution in [0.15, 0.2) is 18.2 Å². The summed E-state index contributed by atoms with van der Waals surface area (Å²) in [6.45, 7) is 1.65. The fourth-order valence-electron chi connectivity index (χ4n) is 3.08. The fourth-order valence-corrected chi connectivity index (χ4v) is 3.08. The van der Waals surface area contributed by atoms with Crippen LogP contribution in [0.2, 0.25) is 0 Å². The maximum absolute atomic E-state index is 12.0. The number of aryl methyl sites for hydroxylation is 2. The SMILES string of the molecule is O=C(COc1ccc2c(c1)CCC2)N1CCC(CO)C1. The number of hydrogen-bond donors (Lipinski definition) is 1. The van der Waals surface area contributed by atoms with E-state index in [0.717, 1.165) is 31.6 Å². The van der Waals surface area contributed by atoms with Crippen LogP contribution in [0.3, 0.4) is 0 Å². The van der Waals surface area contributed by atoms with E-state index in [9.17, 15) is 4.79 Å².